The number of nitro groups is 1. The number of aliphatic imine (C=N–C) groups is 1. The van der Waals surface area contributed by atoms with Crippen LogP contribution in [-0.2, 0) is 0 Å². The van der Waals surface area contributed by atoms with Crippen LogP contribution in [0.2, 0.25) is 0 Å². The van der Waals surface area contributed by atoms with Crippen LogP contribution in [0, 0.1) is 10.1 Å². The Kier molecular flexibility index (Phi) is 4.72. The molecule has 0 saturated heterocycles. The second kappa shape index (κ2) is 5.40. The van der Waals surface area contributed by atoms with E-state index >= 15 is 0 Å². The normalized spacial score (nSPS) is 12.3. The van der Waals surface area contributed by atoms with Crippen LogP contribution in [0.4, 0.5) is 0 Å². The highest BCUT2D eigenvalue weighted by Gasteiger charge is 2.03. The summed E-state index contributed by atoms with van der Waals surface area (Å²) in [6, 6.07) is 0. The van der Waals surface area contributed by atoms with Crippen molar-refractivity contribution >= 4 is 6.21 Å². The minimum absolute atomic E-state index is 0.168. The van der Waals surface area contributed by atoms with Crippen molar-refractivity contribution in [2.24, 2.45) is 10.7 Å². The topological polar surface area (TPSA) is 81.5 Å². The molecule has 0 aliphatic rings. The molecule has 0 atom stereocenters. The van der Waals surface area contributed by atoms with Gasteiger partial charge < -0.3 is 5.73 Å². The first-order chi connectivity index (χ1) is 5.22. The molecule has 0 aliphatic carbocycles. The third-order valence-electron chi connectivity index (χ3n) is 0.958. The van der Waals surface area contributed by atoms with E-state index in [1.807, 2.05) is 6.92 Å². The molecule has 0 heterocycles. The zero-order valence-electron chi connectivity index (χ0n) is 6.36. The van der Waals surface area contributed by atoms with Crippen LogP contribution in [0.1, 0.15) is 13.3 Å². The Labute approximate surface area is 64.8 Å². The van der Waals surface area contributed by atoms with Gasteiger partial charge in [-0.3, -0.25) is 15.1 Å². The van der Waals surface area contributed by atoms with Crippen molar-refractivity contribution in [1.82, 2.24) is 0 Å². The lowest BCUT2D eigenvalue weighted by atomic mass is 10.5. The molecule has 0 rings (SSSR count). The summed E-state index contributed by atoms with van der Waals surface area (Å²) in [4.78, 5) is 13.3. The SMILES string of the molecule is CCCN=CC(=CN)[N+](=O)[O-]. The molecule has 0 aromatic carbocycles. The number of rotatable bonds is 4. The van der Waals surface area contributed by atoms with E-state index in [4.69, 9.17) is 5.73 Å². The van der Waals surface area contributed by atoms with E-state index in [-0.39, 0.29) is 5.70 Å². The van der Waals surface area contributed by atoms with E-state index in [1.54, 1.807) is 0 Å². The minimum Gasteiger partial charge on any atom is -0.399 e. The molecule has 11 heavy (non-hydrogen) atoms. The number of hydrogen-bond acceptors (Lipinski definition) is 4. The Balaban J connectivity index is 4.00. The van der Waals surface area contributed by atoms with E-state index in [0.717, 1.165) is 12.6 Å². The molecule has 0 amide bonds. The van der Waals surface area contributed by atoms with Crippen LogP contribution >= 0.6 is 0 Å². The third-order valence-corrected chi connectivity index (χ3v) is 0.958. The van der Waals surface area contributed by atoms with Crippen molar-refractivity contribution in [2.75, 3.05) is 6.54 Å². The summed E-state index contributed by atoms with van der Waals surface area (Å²) in [5.41, 5.74) is 4.79. The van der Waals surface area contributed by atoms with Gasteiger partial charge in [-0.1, -0.05) is 6.92 Å². The maximum absolute atomic E-state index is 10.1. The average molecular weight is 157 g/mol. The lowest BCUT2D eigenvalue weighted by Gasteiger charge is -1.87. The standard InChI is InChI=1S/C6H11N3O2/c1-2-3-8-5-6(4-7)9(10)11/h4-5H,2-3,7H2,1H3. The monoisotopic (exact) mass is 157 g/mol. The zero-order valence-corrected chi connectivity index (χ0v) is 6.36. The minimum atomic E-state index is -0.570. The van der Waals surface area contributed by atoms with Gasteiger partial charge in [0.15, 0.2) is 0 Å². The number of nitrogens with zero attached hydrogens (tertiary/aromatic N) is 2. The summed E-state index contributed by atoms with van der Waals surface area (Å²) in [5.74, 6) is 0. The predicted octanol–water partition coefficient (Wildman–Crippen LogP) is 0.544. The van der Waals surface area contributed by atoms with Gasteiger partial charge in [0.25, 0.3) is 0 Å². The molecular formula is C6H11N3O2. The third kappa shape index (κ3) is 4.07. The highest BCUT2D eigenvalue weighted by Crippen LogP contribution is 1.88. The van der Waals surface area contributed by atoms with Crippen LogP contribution in [0.25, 0.3) is 0 Å². The summed E-state index contributed by atoms with van der Waals surface area (Å²) in [5, 5.41) is 10.1. The second-order valence-corrected chi connectivity index (χ2v) is 1.88. The first-order valence-corrected chi connectivity index (χ1v) is 3.28. The highest BCUT2D eigenvalue weighted by atomic mass is 16.6. The van der Waals surface area contributed by atoms with Crippen LogP contribution in [0.15, 0.2) is 16.9 Å². The van der Waals surface area contributed by atoms with E-state index in [1.165, 1.54) is 6.21 Å². The number of nitrogens with two attached hydrogens (primary N) is 1. The van der Waals surface area contributed by atoms with Crippen molar-refractivity contribution < 1.29 is 4.92 Å². The average Bonchev–Trinajstić information content (AvgIpc) is 1.97. The first kappa shape index (κ1) is 9.61. The summed E-state index contributed by atoms with van der Waals surface area (Å²) < 4.78 is 0. The molecule has 0 spiro atoms. The van der Waals surface area contributed by atoms with Crippen molar-refractivity contribution in [1.29, 1.82) is 0 Å². The summed E-state index contributed by atoms with van der Waals surface area (Å²) in [7, 11) is 0. The molecule has 0 unspecified atom stereocenters. The van der Waals surface area contributed by atoms with Crippen LogP contribution < -0.4 is 5.73 Å². The molecule has 0 fully saturated rings. The van der Waals surface area contributed by atoms with Crippen molar-refractivity contribution in [3.8, 4) is 0 Å². The fourth-order valence-electron chi connectivity index (χ4n) is 0.438. The Hall–Kier alpha value is -1.39. The van der Waals surface area contributed by atoms with Crippen molar-refractivity contribution in [2.45, 2.75) is 13.3 Å². The van der Waals surface area contributed by atoms with E-state index in [0.29, 0.717) is 6.54 Å². The Morgan fingerprint density at radius 1 is 1.82 bits per heavy atom. The molecule has 5 heteroatoms. The second-order valence-electron chi connectivity index (χ2n) is 1.88. The van der Waals surface area contributed by atoms with E-state index in [9.17, 15) is 10.1 Å². The van der Waals surface area contributed by atoms with Gasteiger partial charge in [-0.2, -0.15) is 0 Å². The molecule has 0 aromatic heterocycles. The fourth-order valence-corrected chi connectivity index (χ4v) is 0.438. The van der Waals surface area contributed by atoms with Gasteiger partial charge in [-0.15, -0.1) is 0 Å². The van der Waals surface area contributed by atoms with E-state index < -0.39 is 4.92 Å². The van der Waals surface area contributed by atoms with Crippen LogP contribution in [0.3, 0.4) is 0 Å². The van der Waals surface area contributed by atoms with Gasteiger partial charge in [-0.05, 0) is 6.42 Å². The Bertz CT molecular complexity index is 186. The zero-order chi connectivity index (χ0) is 8.69. The van der Waals surface area contributed by atoms with Crippen LogP contribution in [-0.4, -0.2) is 17.7 Å². The molecule has 2 N–H and O–H groups in total. The summed E-state index contributed by atoms with van der Waals surface area (Å²) in [6.45, 7) is 2.53. The van der Waals surface area contributed by atoms with Crippen molar-refractivity contribution in [3.05, 3.63) is 22.0 Å². The maximum atomic E-state index is 10.1. The molecule has 0 bridgehead atoms. The number of hydrogen-bond donors (Lipinski definition) is 1. The molecule has 0 radical (unpaired) electrons. The van der Waals surface area contributed by atoms with Gasteiger partial charge in [0.05, 0.1) is 11.1 Å². The molecule has 0 saturated carbocycles. The molecule has 62 valence electrons. The lowest BCUT2D eigenvalue weighted by Crippen LogP contribution is -2.03. The van der Waals surface area contributed by atoms with Gasteiger partial charge >= 0.3 is 5.70 Å². The van der Waals surface area contributed by atoms with Gasteiger partial charge in [-0.25, -0.2) is 0 Å². The molecule has 0 aromatic rings. The highest BCUT2D eigenvalue weighted by molar-refractivity contribution is 5.74. The van der Waals surface area contributed by atoms with E-state index in [2.05, 4.69) is 4.99 Å². The largest absolute Gasteiger partial charge is 0.399 e. The Morgan fingerprint density at radius 3 is 2.82 bits per heavy atom. The summed E-state index contributed by atoms with van der Waals surface area (Å²) in [6.07, 6.45) is 2.97. The number of allylic oxidation sites excluding steroid dienone is 1. The van der Waals surface area contributed by atoms with Gasteiger partial charge in [0.1, 0.15) is 6.21 Å². The fraction of sp³-hybridized carbons (Fsp3) is 0.500. The molecule has 0 aliphatic heterocycles. The molecule has 5 nitrogen and oxygen atoms in total. The van der Waals surface area contributed by atoms with Gasteiger partial charge in [0.2, 0.25) is 0 Å². The molecular weight excluding hydrogens is 146 g/mol. The van der Waals surface area contributed by atoms with Crippen LogP contribution in [0.5, 0.6) is 0 Å². The lowest BCUT2D eigenvalue weighted by molar-refractivity contribution is -0.414. The maximum Gasteiger partial charge on any atom is 0.302 e. The van der Waals surface area contributed by atoms with Crippen molar-refractivity contribution in [3.63, 3.8) is 0 Å². The predicted molar refractivity (Wildman–Crippen MR) is 42.9 cm³/mol. The smallest absolute Gasteiger partial charge is 0.302 e. The quantitative estimate of drug-likeness (QED) is 0.367. The van der Waals surface area contributed by atoms with Gasteiger partial charge in [0, 0.05) is 6.54 Å². The Morgan fingerprint density at radius 2 is 2.45 bits per heavy atom. The first-order valence-electron chi connectivity index (χ1n) is 3.28. The summed E-state index contributed by atoms with van der Waals surface area (Å²) >= 11 is 0.